The van der Waals surface area contributed by atoms with Crippen molar-refractivity contribution in [2.24, 2.45) is 7.05 Å². The molecule has 0 aliphatic heterocycles. The van der Waals surface area contributed by atoms with E-state index in [-0.39, 0.29) is 5.91 Å². The van der Waals surface area contributed by atoms with Crippen LogP contribution in [0.1, 0.15) is 29.4 Å². The quantitative estimate of drug-likeness (QED) is 0.665. The zero-order valence-electron chi connectivity index (χ0n) is 14.8. The number of nitrogens with one attached hydrogen (secondary N) is 1. The normalized spacial score (nSPS) is 11.6. The number of thiazole rings is 1. The van der Waals surface area contributed by atoms with Crippen LogP contribution in [0.4, 0.5) is 13.2 Å². The number of amides is 1. The van der Waals surface area contributed by atoms with Crippen LogP contribution in [0.2, 0.25) is 0 Å². The summed E-state index contributed by atoms with van der Waals surface area (Å²) in [6.45, 7) is 2.57. The van der Waals surface area contributed by atoms with Crippen LogP contribution in [0.15, 0.2) is 41.8 Å². The van der Waals surface area contributed by atoms with E-state index in [0.717, 1.165) is 24.2 Å². The zero-order chi connectivity index (χ0) is 19.6. The van der Waals surface area contributed by atoms with E-state index in [2.05, 4.69) is 10.3 Å². The maximum Gasteiger partial charge on any atom is 0.416 e. The van der Waals surface area contributed by atoms with E-state index in [0.29, 0.717) is 28.5 Å². The number of rotatable bonds is 5. The molecule has 8 heteroatoms. The van der Waals surface area contributed by atoms with Gasteiger partial charge in [0.2, 0.25) is 0 Å². The molecule has 0 aliphatic carbocycles. The Labute approximate surface area is 158 Å². The zero-order valence-corrected chi connectivity index (χ0v) is 15.6. The molecule has 0 saturated carbocycles. The Kier molecular flexibility index (Phi) is 5.36. The van der Waals surface area contributed by atoms with E-state index in [1.807, 2.05) is 6.92 Å². The highest BCUT2D eigenvalue weighted by atomic mass is 32.1. The van der Waals surface area contributed by atoms with Crippen LogP contribution in [0.25, 0.3) is 22.0 Å². The first-order chi connectivity index (χ1) is 12.8. The molecule has 0 aliphatic rings. The minimum absolute atomic E-state index is 0.166. The topological polar surface area (TPSA) is 46.9 Å². The monoisotopic (exact) mass is 393 g/mol. The lowest BCUT2D eigenvalue weighted by Gasteiger charge is -2.07. The summed E-state index contributed by atoms with van der Waals surface area (Å²) < 4.78 is 40.5. The third-order valence-electron chi connectivity index (χ3n) is 4.10. The van der Waals surface area contributed by atoms with E-state index in [1.165, 1.54) is 17.4 Å². The van der Waals surface area contributed by atoms with E-state index >= 15 is 0 Å². The van der Waals surface area contributed by atoms with Gasteiger partial charge in [0.1, 0.15) is 10.7 Å². The van der Waals surface area contributed by atoms with Crippen molar-refractivity contribution in [1.82, 2.24) is 14.9 Å². The molecule has 1 amide bonds. The number of hydrogen-bond acceptors (Lipinski definition) is 3. The van der Waals surface area contributed by atoms with Gasteiger partial charge >= 0.3 is 6.18 Å². The maximum absolute atomic E-state index is 12.9. The molecule has 2 heterocycles. The van der Waals surface area contributed by atoms with Crippen molar-refractivity contribution in [2.45, 2.75) is 19.5 Å². The predicted molar refractivity (Wildman–Crippen MR) is 99.6 cm³/mol. The number of carbonyl (C=O) groups is 1. The van der Waals surface area contributed by atoms with Crippen molar-refractivity contribution in [3.63, 3.8) is 0 Å². The number of nitrogens with zero attached hydrogens (tertiary/aromatic N) is 2. The molecular formula is C19H18F3N3OS. The molecule has 3 aromatic rings. The minimum atomic E-state index is -4.40. The summed E-state index contributed by atoms with van der Waals surface area (Å²) >= 11 is 1.32. The summed E-state index contributed by atoms with van der Waals surface area (Å²) in [5.41, 5.74) is 1.42. The second-order valence-corrected chi connectivity index (χ2v) is 6.89. The molecule has 0 radical (unpaired) electrons. The van der Waals surface area contributed by atoms with Gasteiger partial charge in [-0.1, -0.05) is 19.1 Å². The summed E-state index contributed by atoms with van der Waals surface area (Å²) in [4.78, 5) is 16.6. The van der Waals surface area contributed by atoms with Gasteiger partial charge in [-0.25, -0.2) is 4.98 Å². The van der Waals surface area contributed by atoms with Crippen LogP contribution >= 0.6 is 11.3 Å². The van der Waals surface area contributed by atoms with Gasteiger partial charge in [0.05, 0.1) is 17.0 Å². The molecule has 1 aromatic carbocycles. The van der Waals surface area contributed by atoms with E-state index < -0.39 is 11.7 Å². The van der Waals surface area contributed by atoms with Gasteiger partial charge in [-0.15, -0.1) is 11.3 Å². The van der Waals surface area contributed by atoms with Gasteiger partial charge in [-0.2, -0.15) is 13.2 Å². The Morgan fingerprint density at radius 3 is 2.74 bits per heavy atom. The van der Waals surface area contributed by atoms with E-state index in [1.54, 1.807) is 35.2 Å². The first kappa shape index (κ1) is 19.2. The van der Waals surface area contributed by atoms with Gasteiger partial charge in [-0.3, -0.25) is 4.79 Å². The molecule has 0 saturated heterocycles. The van der Waals surface area contributed by atoms with Crippen LogP contribution in [-0.2, 0) is 13.2 Å². The molecule has 0 atom stereocenters. The number of aromatic nitrogens is 2. The lowest BCUT2D eigenvalue weighted by Crippen LogP contribution is -2.26. The van der Waals surface area contributed by atoms with Crippen LogP contribution in [0, 0.1) is 0 Å². The third kappa shape index (κ3) is 4.05. The second kappa shape index (κ2) is 7.56. The number of alkyl halides is 3. The summed E-state index contributed by atoms with van der Waals surface area (Å²) in [5.74, 6) is -0.166. The van der Waals surface area contributed by atoms with Gasteiger partial charge in [0.25, 0.3) is 5.91 Å². The lowest BCUT2D eigenvalue weighted by atomic mass is 10.1. The largest absolute Gasteiger partial charge is 0.416 e. The molecule has 0 fully saturated rings. The average Bonchev–Trinajstić information content (AvgIpc) is 3.26. The highest BCUT2D eigenvalue weighted by Crippen LogP contribution is 2.34. The van der Waals surface area contributed by atoms with Gasteiger partial charge in [0.15, 0.2) is 0 Å². The Balaban J connectivity index is 1.89. The standard InChI is InChI=1S/C19H18F3N3OS/c1-3-9-23-17(26)15-7-8-16(25(15)2)18-24-14(11-27-18)12-5-4-6-13(10-12)19(20,21)22/h4-8,10-11H,3,9H2,1-2H3,(H,23,26). The van der Waals surface area contributed by atoms with Crippen LogP contribution in [-0.4, -0.2) is 22.0 Å². The lowest BCUT2D eigenvalue weighted by molar-refractivity contribution is -0.137. The minimum Gasteiger partial charge on any atom is -0.351 e. The number of carbonyl (C=O) groups excluding carboxylic acids is 1. The molecule has 0 unspecified atom stereocenters. The summed E-state index contributed by atoms with van der Waals surface area (Å²) in [5, 5.41) is 5.18. The molecule has 0 bridgehead atoms. The van der Waals surface area contributed by atoms with Crippen molar-refractivity contribution in [3.8, 4) is 22.0 Å². The molecule has 4 nitrogen and oxygen atoms in total. The fourth-order valence-electron chi connectivity index (χ4n) is 2.66. The molecule has 142 valence electrons. The first-order valence-corrected chi connectivity index (χ1v) is 9.26. The maximum atomic E-state index is 12.9. The van der Waals surface area contributed by atoms with Crippen LogP contribution in [0.3, 0.4) is 0 Å². The Morgan fingerprint density at radius 2 is 2.04 bits per heavy atom. The molecular weight excluding hydrogens is 375 g/mol. The fraction of sp³-hybridized carbons (Fsp3) is 0.263. The molecule has 1 N–H and O–H groups in total. The SMILES string of the molecule is CCCNC(=O)c1ccc(-c2nc(-c3cccc(C(F)(F)F)c3)cs2)n1C. The van der Waals surface area contributed by atoms with E-state index in [9.17, 15) is 18.0 Å². The molecule has 27 heavy (non-hydrogen) atoms. The smallest absolute Gasteiger partial charge is 0.351 e. The Hall–Kier alpha value is -2.61. The average molecular weight is 393 g/mol. The van der Waals surface area contributed by atoms with Gasteiger partial charge in [0, 0.05) is 24.5 Å². The fourth-order valence-corrected chi connectivity index (χ4v) is 3.55. The molecule has 0 spiro atoms. The van der Waals surface area contributed by atoms with Crippen molar-refractivity contribution < 1.29 is 18.0 Å². The van der Waals surface area contributed by atoms with Crippen molar-refractivity contribution in [2.75, 3.05) is 6.54 Å². The summed E-state index contributed by atoms with van der Waals surface area (Å²) in [6, 6.07) is 8.60. The van der Waals surface area contributed by atoms with Gasteiger partial charge in [-0.05, 0) is 30.7 Å². The Bertz CT molecular complexity index is 959. The second-order valence-electron chi connectivity index (χ2n) is 6.04. The van der Waals surface area contributed by atoms with Crippen LogP contribution in [0.5, 0.6) is 0 Å². The third-order valence-corrected chi connectivity index (χ3v) is 4.96. The summed E-state index contributed by atoms with van der Waals surface area (Å²) in [6.07, 6.45) is -3.55. The molecule has 2 aromatic heterocycles. The highest BCUT2D eigenvalue weighted by Gasteiger charge is 2.30. The van der Waals surface area contributed by atoms with Crippen molar-refractivity contribution in [3.05, 3.63) is 53.0 Å². The van der Waals surface area contributed by atoms with E-state index in [4.69, 9.17) is 0 Å². The molecule has 3 rings (SSSR count). The highest BCUT2D eigenvalue weighted by molar-refractivity contribution is 7.13. The number of hydrogen-bond donors (Lipinski definition) is 1. The van der Waals surface area contributed by atoms with Crippen LogP contribution < -0.4 is 5.32 Å². The number of benzene rings is 1. The van der Waals surface area contributed by atoms with Crippen molar-refractivity contribution in [1.29, 1.82) is 0 Å². The Morgan fingerprint density at radius 1 is 1.26 bits per heavy atom. The van der Waals surface area contributed by atoms with Crippen molar-refractivity contribution >= 4 is 17.2 Å². The number of halogens is 3. The summed E-state index contributed by atoms with van der Waals surface area (Å²) in [7, 11) is 1.77. The van der Waals surface area contributed by atoms with Gasteiger partial charge < -0.3 is 9.88 Å². The first-order valence-electron chi connectivity index (χ1n) is 8.38. The predicted octanol–water partition coefficient (Wildman–Crippen LogP) is 4.97.